The van der Waals surface area contributed by atoms with Crippen LogP contribution in [0.25, 0.3) is 6.08 Å². The molecule has 0 spiro atoms. The first-order valence-electron chi connectivity index (χ1n) is 10.0. The van der Waals surface area contributed by atoms with E-state index in [-0.39, 0.29) is 11.8 Å². The van der Waals surface area contributed by atoms with Crippen LogP contribution in [0.4, 0.5) is 5.69 Å². The van der Waals surface area contributed by atoms with Crippen LogP contribution in [0.2, 0.25) is 5.02 Å². The molecule has 1 saturated carbocycles. The third-order valence-corrected chi connectivity index (χ3v) is 6.34. The molecule has 30 heavy (non-hydrogen) atoms. The number of nitrogens with one attached hydrogen (secondary N) is 2. The van der Waals surface area contributed by atoms with Gasteiger partial charge >= 0.3 is 0 Å². The number of aliphatic imine (C=N–C) groups is 1. The number of amides is 2. The van der Waals surface area contributed by atoms with Crippen LogP contribution in [-0.4, -0.2) is 23.0 Å². The highest BCUT2D eigenvalue weighted by atomic mass is 35.5. The van der Waals surface area contributed by atoms with Gasteiger partial charge in [0.25, 0.3) is 11.8 Å². The number of halogens is 1. The van der Waals surface area contributed by atoms with E-state index in [9.17, 15) is 9.59 Å². The second-order valence-electron chi connectivity index (χ2n) is 7.35. The number of rotatable bonds is 4. The van der Waals surface area contributed by atoms with Crippen LogP contribution in [0.1, 0.15) is 48.0 Å². The van der Waals surface area contributed by atoms with Crippen molar-refractivity contribution in [3.8, 4) is 0 Å². The van der Waals surface area contributed by atoms with Crippen molar-refractivity contribution >= 4 is 52.1 Å². The lowest BCUT2D eigenvalue weighted by Crippen LogP contribution is -2.22. The molecule has 7 heteroatoms. The minimum atomic E-state index is -0.278. The Morgan fingerprint density at radius 2 is 1.93 bits per heavy atom. The predicted octanol–water partition coefficient (Wildman–Crippen LogP) is 5.48. The van der Waals surface area contributed by atoms with Crippen LogP contribution in [0, 0.1) is 0 Å². The molecule has 2 aliphatic rings. The highest BCUT2D eigenvalue weighted by Gasteiger charge is 2.25. The Morgan fingerprint density at radius 1 is 1.13 bits per heavy atom. The van der Waals surface area contributed by atoms with Gasteiger partial charge in [0.1, 0.15) is 0 Å². The number of nitrogens with zero attached hydrogens (tertiary/aromatic N) is 1. The molecule has 1 aliphatic heterocycles. The van der Waals surface area contributed by atoms with Gasteiger partial charge in [-0.3, -0.25) is 14.6 Å². The molecule has 2 amide bonds. The van der Waals surface area contributed by atoms with Gasteiger partial charge in [-0.25, -0.2) is 0 Å². The molecule has 154 valence electrons. The Labute approximate surface area is 185 Å². The number of hydrogen-bond acceptors (Lipinski definition) is 4. The van der Waals surface area contributed by atoms with E-state index in [1.165, 1.54) is 31.0 Å². The first-order valence-corrected chi connectivity index (χ1v) is 11.2. The van der Waals surface area contributed by atoms with Crippen molar-refractivity contribution in [3.05, 3.63) is 69.6 Å². The van der Waals surface area contributed by atoms with Crippen LogP contribution >= 0.6 is 23.4 Å². The third-order valence-electron chi connectivity index (χ3n) is 5.09. The van der Waals surface area contributed by atoms with Gasteiger partial charge in [0.15, 0.2) is 5.17 Å². The number of carbonyl (C=O) groups excluding carboxylic acids is 2. The Morgan fingerprint density at radius 3 is 2.73 bits per heavy atom. The van der Waals surface area contributed by atoms with Gasteiger partial charge in [-0.05, 0) is 60.5 Å². The van der Waals surface area contributed by atoms with E-state index < -0.39 is 0 Å². The molecule has 1 saturated heterocycles. The minimum absolute atomic E-state index is 0.139. The highest BCUT2D eigenvalue weighted by Crippen LogP contribution is 2.29. The zero-order valence-corrected chi connectivity index (χ0v) is 17.9. The topological polar surface area (TPSA) is 70.6 Å². The quantitative estimate of drug-likeness (QED) is 0.619. The first kappa shape index (κ1) is 20.7. The molecule has 1 heterocycles. The summed E-state index contributed by atoms with van der Waals surface area (Å²) >= 11 is 7.47. The SMILES string of the molecule is O=C1NC(=NC2CCCCC2)S/C1=C\c1cccc(NC(=O)c2ccccc2Cl)c1. The van der Waals surface area contributed by atoms with Crippen LogP contribution < -0.4 is 10.6 Å². The van der Waals surface area contributed by atoms with Gasteiger partial charge < -0.3 is 10.6 Å². The second-order valence-corrected chi connectivity index (χ2v) is 8.79. The molecule has 0 aromatic heterocycles. The van der Waals surface area contributed by atoms with Crippen LogP contribution in [-0.2, 0) is 4.79 Å². The summed E-state index contributed by atoms with van der Waals surface area (Å²) in [5.41, 5.74) is 1.87. The normalized spacial score (nSPS) is 19.8. The molecule has 0 radical (unpaired) electrons. The third kappa shape index (κ3) is 5.12. The number of amidine groups is 1. The average molecular weight is 440 g/mol. The van der Waals surface area contributed by atoms with Crippen molar-refractivity contribution in [2.75, 3.05) is 5.32 Å². The zero-order valence-electron chi connectivity index (χ0n) is 16.4. The molecule has 2 N–H and O–H groups in total. The largest absolute Gasteiger partial charge is 0.322 e. The van der Waals surface area contributed by atoms with Gasteiger partial charge in [0.05, 0.1) is 21.5 Å². The summed E-state index contributed by atoms with van der Waals surface area (Å²) in [6, 6.07) is 14.6. The summed E-state index contributed by atoms with van der Waals surface area (Å²) in [7, 11) is 0. The smallest absolute Gasteiger partial charge is 0.264 e. The van der Waals surface area contributed by atoms with E-state index in [1.807, 2.05) is 24.3 Å². The summed E-state index contributed by atoms with van der Waals surface area (Å²) in [5, 5.41) is 6.80. The molecule has 2 fully saturated rings. The van der Waals surface area contributed by atoms with Crippen LogP contribution in [0.5, 0.6) is 0 Å². The van der Waals surface area contributed by atoms with E-state index in [1.54, 1.807) is 30.3 Å². The number of anilines is 1. The van der Waals surface area contributed by atoms with E-state index in [0.29, 0.717) is 32.4 Å². The van der Waals surface area contributed by atoms with Crippen molar-refractivity contribution in [3.63, 3.8) is 0 Å². The van der Waals surface area contributed by atoms with Gasteiger partial charge in [0, 0.05) is 5.69 Å². The van der Waals surface area contributed by atoms with Gasteiger partial charge in [-0.15, -0.1) is 0 Å². The van der Waals surface area contributed by atoms with E-state index in [4.69, 9.17) is 16.6 Å². The Hall–Kier alpha value is -2.57. The highest BCUT2D eigenvalue weighted by molar-refractivity contribution is 8.18. The molecular formula is C23H22ClN3O2S. The summed E-state index contributed by atoms with van der Waals surface area (Å²) in [6.45, 7) is 0. The van der Waals surface area contributed by atoms with Crippen molar-refractivity contribution in [1.29, 1.82) is 0 Å². The van der Waals surface area contributed by atoms with Crippen molar-refractivity contribution in [1.82, 2.24) is 5.32 Å². The van der Waals surface area contributed by atoms with Gasteiger partial charge in [0.2, 0.25) is 0 Å². The first-order chi connectivity index (χ1) is 14.6. The summed E-state index contributed by atoms with van der Waals surface area (Å²) in [6.07, 6.45) is 7.67. The van der Waals surface area contributed by atoms with Crippen molar-refractivity contribution < 1.29 is 9.59 Å². The standard InChI is InChI=1S/C23H22ClN3O2S/c24-19-12-5-4-11-18(19)21(28)25-17-10-6-7-15(13-17)14-20-22(29)27-23(30-20)26-16-8-2-1-3-9-16/h4-7,10-14,16H,1-3,8-9H2,(H,25,28)(H,26,27,29)/b20-14-. The zero-order chi connectivity index (χ0) is 20.9. The summed E-state index contributed by atoms with van der Waals surface area (Å²) < 4.78 is 0. The van der Waals surface area contributed by atoms with E-state index in [0.717, 1.165) is 18.4 Å². The molecule has 2 aromatic carbocycles. The molecule has 2 aromatic rings. The average Bonchev–Trinajstić information content (AvgIpc) is 3.08. The second kappa shape index (κ2) is 9.49. The maximum Gasteiger partial charge on any atom is 0.264 e. The fourth-order valence-electron chi connectivity index (χ4n) is 3.57. The monoisotopic (exact) mass is 439 g/mol. The van der Waals surface area contributed by atoms with E-state index in [2.05, 4.69) is 10.6 Å². The lowest BCUT2D eigenvalue weighted by atomic mass is 9.96. The number of thioether (sulfide) groups is 1. The van der Waals surface area contributed by atoms with Crippen molar-refractivity contribution in [2.24, 2.45) is 4.99 Å². The van der Waals surface area contributed by atoms with Crippen LogP contribution in [0.3, 0.4) is 0 Å². The van der Waals surface area contributed by atoms with Gasteiger partial charge in [-0.1, -0.05) is 55.1 Å². The maximum absolute atomic E-state index is 12.5. The van der Waals surface area contributed by atoms with E-state index >= 15 is 0 Å². The Kier molecular flexibility index (Phi) is 6.55. The molecule has 0 atom stereocenters. The molecule has 0 bridgehead atoms. The van der Waals surface area contributed by atoms with Crippen molar-refractivity contribution in [2.45, 2.75) is 38.1 Å². The predicted molar refractivity (Wildman–Crippen MR) is 124 cm³/mol. The number of hydrogen-bond donors (Lipinski definition) is 2. The molecule has 5 nitrogen and oxygen atoms in total. The molecular weight excluding hydrogens is 418 g/mol. The lowest BCUT2D eigenvalue weighted by Gasteiger charge is -2.17. The van der Waals surface area contributed by atoms with Gasteiger partial charge in [-0.2, -0.15) is 0 Å². The molecule has 4 rings (SSSR count). The summed E-state index contributed by atoms with van der Waals surface area (Å²) in [4.78, 5) is 30.1. The number of benzene rings is 2. The maximum atomic E-state index is 12.5. The molecule has 1 aliphatic carbocycles. The fraction of sp³-hybridized carbons (Fsp3) is 0.261. The Balaban J connectivity index is 1.46. The van der Waals surface area contributed by atoms with Crippen LogP contribution in [0.15, 0.2) is 58.4 Å². The number of carbonyl (C=O) groups is 2. The fourth-order valence-corrected chi connectivity index (χ4v) is 4.68. The molecule has 0 unspecified atom stereocenters. The minimum Gasteiger partial charge on any atom is -0.322 e. The Bertz CT molecular complexity index is 1030. The summed E-state index contributed by atoms with van der Waals surface area (Å²) in [5.74, 6) is -0.416. The lowest BCUT2D eigenvalue weighted by molar-refractivity contribution is -0.115.